The van der Waals surface area contributed by atoms with E-state index in [-0.39, 0.29) is 30.5 Å². The summed E-state index contributed by atoms with van der Waals surface area (Å²) in [5.41, 5.74) is 0. The van der Waals surface area contributed by atoms with Crippen molar-refractivity contribution in [3.05, 3.63) is 0 Å². The predicted octanol–water partition coefficient (Wildman–Crippen LogP) is 1.35. The minimum absolute atomic E-state index is 0.141. The van der Waals surface area contributed by atoms with Crippen LogP contribution in [0.3, 0.4) is 0 Å². The third-order valence-corrected chi connectivity index (χ3v) is 3.28. The summed E-state index contributed by atoms with van der Waals surface area (Å²) in [5.74, 6) is -0.636. The molecule has 0 aromatic carbocycles. The van der Waals surface area contributed by atoms with Gasteiger partial charge in [0.25, 0.3) is 0 Å². The molecule has 0 bridgehead atoms. The van der Waals surface area contributed by atoms with Gasteiger partial charge >= 0.3 is 12.0 Å². The van der Waals surface area contributed by atoms with Crippen molar-refractivity contribution < 1.29 is 19.4 Å². The molecule has 0 radical (unpaired) electrons. The summed E-state index contributed by atoms with van der Waals surface area (Å²) in [4.78, 5) is 22.1. The van der Waals surface area contributed by atoms with Crippen LogP contribution in [-0.2, 0) is 9.53 Å². The maximum Gasteiger partial charge on any atom is 0.315 e. The smallest absolute Gasteiger partial charge is 0.315 e. The van der Waals surface area contributed by atoms with E-state index in [4.69, 9.17) is 9.84 Å². The Bertz CT molecular complexity index is 309. The van der Waals surface area contributed by atoms with Gasteiger partial charge in [0.05, 0.1) is 6.10 Å². The third kappa shape index (κ3) is 7.00. The van der Waals surface area contributed by atoms with Gasteiger partial charge in [-0.25, -0.2) is 4.79 Å². The lowest BCUT2D eigenvalue weighted by Gasteiger charge is -2.28. The molecule has 6 nitrogen and oxygen atoms in total. The van der Waals surface area contributed by atoms with Crippen LogP contribution >= 0.6 is 0 Å². The van der Waals surface area contributed by atoms with Gasteiger partial charge in [-0.15, -0.1) is 0 Å². The number of carbonyl (C=O) groups is 2. The summed E-state index contributed by atoms with van der Waals surface area (Å²) in [6.07, 6.45) is 2.58. The molecule has 1 heterocycles. The largest absolute Gasteiger partial charge is 0.481 e. The lowest BCUT2D eigenvalue weighted by molar-refractivity contribution is -0.137. The lowest BCUT2D eigenvalue weighted by atomic mass is 10.0. The Kier molecular flexibility index (Phi) is 6.62. The fraction of sp³-hybridized carbons (Fsp3) is 0.846. The number of hydrogen-bond donors (Lipinski definition) is 3. The molecule has 1 aliphatic rings. The van der Waals surface area contributed by atoms with E-state index in [2.05, 4.69) is 10.6 Å². The second-order valence-electron chi connectivity index (χ2n) is 5.29. The van der Waals surface area contributed by atoms with Crippen LogP contribution in [0.4, 0.5) is 4.79 Å². The van der Waals surface area contributed by atoms with E-state index >= 15 is 0 Å². The monoisotopic (exact) mass is 272 g/mol. The number of carboxylic acids is 1. The van der Waals surface area contributed by atoms with Crippen LogP contribution < -0.4 is 10.6 Å². The van der Waals surface area contributed by atoms with E-state index in [9.17, 15) is 9.59 Å². The summed E-state index contributed by atoms with van der Waals surface area (Å²) in [6.45, 7) is 5.11. The summed E-state index contributed by atoms with van der Waals surface area (Å²) in [7, 11) is 0. The molecule has 0 aromatic heterocycles. The second-order valence-corrected chi connectivity index (χ2v) is 5.29. The second kappa shape index (κ2) is 7.99. The first-order valence-corrected chi connectivity index (χ1v) is 6.85. The Morgan fingerprint density at radius 3 is 2.84 bits per heavy atom. The zero-order valence-corrected chi connectivity index (χ0v) is 11.6. The zero-order chi connectivity index (χ0) is 14.3. The van der Waals surface area contributed by atoms with Crippen LogP contribution in [0.15, 0.2) is 0 Å². The Hall–Kier alpha value is -1.30. The van der Waals surface area contributed by atoms with E-state index in [1.807, 2.05) is 13.8 Å². The normalized spacial score (nSPS) is 24.5. The Morgan fingerprint density at radius 2 is 2.21 bits per heavy atom. The van der Waals surface area contributed by atoms with E-state index in [1.54, 1.807) is 0 Å². The van der Waals surface area contributed by atoms with Crippen molar-refractivity contribution >= 4 is 12.0 Å². The number of amides is 2. The molecule has 2 amide bonds. The van der Waals surface area contributed by atoms with Gasteiger partial charge in [-0.1, -0.05) is 6.92 Å². The fourth-order valence-corrected chi connectivity index (χ4v) is 2.10. The molecule has 1 fully saturated rings. The minimum Gasteiger partial charge on any atom is -0.481 e. The van der Waals surface area contributed by atoms with Crippen LogP contribution in [0, 0.1) is 5.92 Å². The van der Waals surface area contributed by atoms with Gasteiger partial charge in [0.2, 0.25) is 0 Å². The number of hydrogen-bond acceptors (Lipinski definition) is 3. The third-order valence-electron chi connectivity index (χ3n) is 3.28. The maximum atomic E-state index is 11.7. The molecule has 1 saturated heterocycles. The molecule has 3 atom stereocenters. The lowest BCUT2D eigenvalue weighted by Crippen LogP contribution is -2.46. The van der Waals surface area contributed by atoms with Crippen LogP contribution in [0.2, 0.25) is 0 Å². The molecule has 0 aliphatic carbocycles. The first-order valence-electron chi connectivity index (χ1n) is 6.85. The van der Waals surface area contributed by atoms with Gasteiger partial charge in [0, 0.05) is 25.6 Å². The first-order chi connectivity index (χ1) is 8.97. The van der Waals surface area contributed by atoms with Crippen molar-refractivity contribution in [2.75, 3.05) is 13.2 Å². The standard InChI is InChI=1S/C13H24N2O4/c1-9(3-4-12(16)17)8-14-13(18)15-11-5-6-19-10(2)7-11/h9-11H,3-8H2,1-2H3,(H,16,17)(H2,14,15,18). The highest BCUT2D eigenvalue weighted by molar-refractivity contribution is 5.74. The topological polar surface area (TPSA) is 87.7 Å². The fourth-order valence-electron chi connectivity index (χ4n) is 2.10. The van der Waals surface area contributed by atoms with Crippen molar-refractivity contribution in [1.82, 2.24) is 10.6 Å². The van der Waals surface area contributed by atoms with Crippen molar-refractivity contribution in [2.45, 2.75) is 51.7 Å². The van der Waals surface area contributed by atoms with E-state index < -0.39 is 5.97 Å². The van der Waals surface area contributed by atoms with Crippen molar-refractivity contribution in [2.24, 2.45) is 5.92 Å². The summed E-state index contributed by atoms with van der Waals surface area (Å²) >= 11 is 0. The molecule has 1 aliphatic heterocycles. The van der Waals surface area contributed by atoms with E-state index in [0.717, 1.165) is 12.8 Å². The van der Waals surface area contributed by atoms with Crippen LogP contribution in [0.1, 0.15) is 39.5 Å². The molecular weight excluding hydrogens is 248 g/mol. The quantitative estimate of drug-likeness (QED) is 0.681. The molecule has 3 N–H and O–H groups in total. The molecule has 19 heavy (non-hydrogen) atoms. The van der Waals surface area contributed by atoms with Gasteiger partial charge in [0.15, 0.2) is 0 Å². The molecule has 6 heteroatoms. The highest BCUT2D eigenvalue weighted by atomic mass is 16.5. The minimum atomic E-state index is -0.799. The van der Waals surface area contributed by atoms with Crippen molar-refractivity contribution in [1.29, 1.82) is 0 Å². The number of rotatable bonds is 6. The van der Waals surface area contributed by atoms with Gasteiger partial charge in [0.1, 0.15) is 0 Å². The molecule has 0 spiro atoms. The summed E-state index contributed by atoms with van der Waals surface area (Å²) in [5, 5.41) is 14.3. The average Bonchev–Trinajstić information content (AvgIpc) is 2.34. The van der Waals surface area contributed by atoms with Crippen LogP contribution in [0.25, 0.3) is 0 Å². The van der Waals surface area contributed by atoms with Gasteiger partial charge in [-0.2, -0.15) is 0 Å². The number of aliphatic carboxylic acids is 1. The van der Waals surface area contributed by atoms with Gasteiger partial charge < -0.3 is 20.5 Å². The molecule has 3 unspecified atom stereocenters. The van der Waals surface area contributed by atoms with Gasteiger partial charge in [-0.05, 0) is 32.1 Å². The van der Waals surface area contributed by atoms with E-state index in [1.165, 1.54) is 0 Å². The molecular formula is C13H24N2O4. The highest BCUT2D eigenvalue weighted by Crippen LogP contribution is 2.12. The first kappa shape index (κ1) is 15.8. The Labute approximate surface area is 113 Å². The van der Waals surface area contributed by atoms with Crippen LogP contribution in [-0.4, -0.2) is 42.4 Å². The van der Waals surface area contributed by atoms with Crippen LogP contribution in [0.5, 0.6) is 0 Å². The molecule has 0 saturated carbocycles. The SMILES string of the molecule is CC(CCC(=O)O)CNC(=O)NC1CCOC(C)C1. The molecule has 110 valence electrons. The zero-order valence-electron chi connectivity index (χ0n) is 11.6. The molecule has 1 rings (SSSR count). The number of carbonyl (C=O) groups excluding carboxylic acids is 1. The maximum absolute atomic E-state index is 11.7. The highest BCUT2D eigenvalue weighted by Gasteiger charge is 2.20. The van der Waals surface area contributed by atoms with E-state index in [0.29, 0.717) is 19.6 Å². The number of ether oxygens (including phenoxy) is 1. The van der Waals surface area contributed by atoms with Crippen molar-refractivity contribution in [3.63, 3.8) is 0 Å². The van der Waals surface area contributed by atoms with Crippen molar-refractivity contribution in [3.8, 4) is 0 Å². The average molecular weight is 272 g/mol. The van der Waals surface area contributed by atoms with Gasteiger partial charge in [-0.3, -0.25) is 4.79 Å². The Morgan fingerprint density at radius 1 is 1.47 bits per heavy atom. The summed E-state index contributed by atoms with van der Waals surface area (Å²) < 4.78 is 5.41. The molecule has 0 aromatic rings. The number of urea groups is 1. The summed E-state index contributed by atoms with van der Waals surface area (Å²) in [6, 6.07) is -0.0145. The predicted molar refractivity (Wildman–Crippen MR) is 71.0 cm³/mol. The Balaban J connectivity index is 2.14. The number of nitrogens with one attached hydrogen (secondary N) is 2. The number of carboxylic acid groups (broad SMARTS) is 1.